The Morgan fingerprint density at radius 2 is 2.29 bits per heavy atom. The van der Waals surface area contributed by atoms with Crippen molar-refractivity contribution < 1.29 is 4.79 Å². The molecule has 1 aromatic heterocycles. The van der Waals surface area contributed by atoms with E-state index in [9.17, 15) is 4.79 Å². The molecule has 2 rings (SSSR count). The monoisotopic (exact) mass is 298 g/mol. The molecule has 0 N–H and O–H groups in total. The molecule has 1 unspecified atom stereocenters. The van der Waals surface area contributed by atoms with Crippen LogP contribution in [0.3, 0.4) is 0 Å². The van der Waals surface area contributed by atoms with Crippen molar-refractivity contribution in [2.75, 3.05) is 7.05 Å². The van der Waals surface area contributed by atoms with E-state index in [0.717, 1.165) is 16.7 Å². The third-order valence-electron chi connectivity index (χ3n) is 3.66. The lowest BCUT2D eigenvalue weighted by molar-refractivity contribution is 0.0716. The van der Waals surface area contributed by atoms with E-state index >= 15 is 0 Å². The number of halogens is 1. The van der Waals surface area contributed by atoms with Gasteiger partial charge in [-0.3, -0.25) is 4.79 Å². The third-order valence-corrected chi connectivity index (χ3v) is 4.09. The molecule has 3 nitrogen and oxygen atoms in total. The lowest BCUT2D eigenvalue weighted by atomic mass is 10.2. The highest BCUT2D eigenvalue weighted by molar-refractivity contribution is 9.10. The number of carbonyl (C=O) groups is 1. The average Bonchev–Trinajstić information content (AvgIpc) is 3.09. The maximum atomic E-state index is 12.4. The molecule has 0 aromatic carbocycles. The van der Waals surface area contributed by atoms with Crippen LogP contribution in [-0.4, -0.2) is 28.5 Å². The van der Waals surface area contributed by atoms with Gasteiger partial charge in [0, 0.05) is 30.3 Å². The molecule has 0 saturated heterocycles. The van der Waals surface area contributed by atoms with Gasteiger partial charge in [-0.05, 0) is 54.6 Å². The van der Waals surface area contributed by atoms with Crippen molar-refractivity contribution in [2.45, 2.75) is 39.3 Å². The second kappa shape index (κ2) is 4.84. The summed E-state index contributed by atoms with van der Waals surface area (Å²) in [5.74, 6) is 0.828. The second-order valence-electron chi connectivity index (χ2n) is 4.82. The smallest absolute Gasteiger partial charge is 0.270 e. The predicted molar refractivity (Wildman–Crippen MR) is 72.1 cm³/mol. The van der Waals surface area contributed by atoms with Gasteiger partial charge >= 0.3 is 0 Å². The summed E-state index contributed by atoms with van der Waals surface area (Å²) >= 11 is 3.43. The first-order chi connectivity index (χ1) is 8.04. The van der Waals surface area contributed by atoms with Crippen molar-refractivity contribution in [3.63, 3.8) is 0 Å². The molecule has 17 heavy (non-hydrogen) atoms. The molecular formula is C13H19BrN2O. The van der Waals surface area contributed by atoms with E-state index in [4.69, 9.17) is 0 Å². The van der Waals surface area contributed by atoms with Crippen LogP contribution in [0.15, 0.2) is 16.7 Å². The standard InChI is InChI=1S/C13H19BrN2O/c1-4-16-8-11(14)7-12(16)13(17)15(3)9(2)10-5-6-10/h7-10H,4-6H2,1-3H3. The summed E-state index contributed by atoms with van der Waals surface area (Å²) in [6.07, 6.45) is 4.48. The van der Waals surface area contributed by atoms with Gasteiger partial charge in [0.05, 0.1) is 0 Å². The topological polar surface area (TPSA) is 25.2 Å². The van der Waals surface area contributed by atoms with Crippen LogP contribution < -0.4 is 0 Å². The molecule has 1 amide bonds. The molecule has 1 heterocycles. The zero-order valence-electron chi connectivity index (χ0n) is 10.6. The van der Waals surface area contributed by atoms with E-state index in [0.29, 0.717) is 12.0 Å². The Labute approximate surface area is 111 Å². The van der Waals surface area contributed by atoms with Gasteiger partial charge in [-0.15, -0.1) is 0 Å². The first kappa shape index (κ1) is 12.7. The molecule has 0 spiro atoms. The molecule has 4 heteroatoms. The largest absolute Gasteiger partial charge is 0.343 e. The maximum absolute atomic E-state index is 12.4. The number of carbonyl (C=O) groups excluding carboxylic acids is 1. The highest BCUT2D eigenvalue weighted by Crippen LogP contribution is 2.35. The predicted octanol–water partition coefficient (Wildman–Crippen LogP) is 3.14. The van der Waals surface area contributed by atoms with E-state index in [1.807, 2.05) is 35.7 Å². The van der Waals surface area contributed by atoms with Crippen molar-refractivity contribution in [1.29, 1.82) is 0 Å². The number of nitrogens with zero attached hydrogens (tertiary/aromatic N) is 2. The quantitative estimate of drug-likeness (QED) is 0.838. The molecule has 1 aliphatic rings. The van der Waals surface area contributed by atoms with Crippen LogP contribution in [0.2, 0.25) is 0 Å². The summed E-state index contributed by atoms with van der Waals surface area (Å²) in [6, 6.07) is 2.25. The summed E-state index contributed by atoms with van der Waals surface area (Å²) in [7, 11) is 1.91. The molecule has 0 aliphatic heterocycles. The Kier molecular flexibility index (Phi) is 3.61. The highest BCUT2D eigenvalue weighted by atomic mass is 79.9. The minimum absolute atomic E-state index is 0.122. The van der Waals surface area contributed by atoms with Crippen LogP contribution in [-0.2, 0) is 6.54 Å². The molecule has 1 saturated carbocycles. The first-order valence-electron chi connectivity index (χ1n) is 6.17. The minimum Gasteiger partial charge on any atom is -0.343 e. The van der Waals surface area contributed by atoms with Crippen molar-refractivity contribution in [3.05, 3.63) is 22.4 Å². The van der Waals surface area contributed by atoms with Gasteiger partial charge in [0.1, 0.15) is 5.69 Å². The van der Waals surface area contributed by atoms with Crippen LogP contribution in [0.1, 0.15) is 37.2 Å². The molecule has 1 fully saturated rings. The Bertz CT molecular complexity index is 423. The summed E-state index contributed by atoms with van der Waals surface area (Å²) in [5, 5.41) is 0. The van der Waals surface area contributed by atoms with E-state index in [-0.39, 0.29) is 5.91 Å². The highest BCUT2D eigenvalue weighted by Gasteiger charge is 2.33. The van der Waals surface area contributed by atoms with Gasteiger partial charge in [-0.1, -0.05) is 0 Å². The fourth-order valence-electron chi connectivity index (χ4n) is 2.18. The molecule has 0 bridgehead atoms. The van der Waals surface area contributed by atoms with Crippen LogP contribution in [0.4, 0.5) is 0 Å². The third kappa shape index (κ3) is 2.57. The van der Waals surface area contributed by atoms with Crippen molar-refractivity contribution >= 4 is 21.8 Å². The lowest BCUT2D eigenvalue weighted by Gasteiger charge is -2.25. The maximum Gasteiger partial charge on any atom is 0.270 e. The van der Waals surface area contributed by atoms with Gasteiger partial charge in [0.2, 0.25) is 0 Å². The fraction of sp³-hybridized carbons (Fsp3) is 0.615. The number of amides is 1. The Morgan fingerprint density at radius 3 is 2.82 bits per heavy atom. The molecule has 0 radical (unpaired) electrons. The number of hydrogen-bond acceptors (Lipinski definition) is 1. The van der Waals surface area contributed by atoms with Gasteiger partial charge in [-0.25, -0.2) is 0 Å². The van der Waals surface area contributed by atoms with Crippen LogP contribution in [0.25, 0.3) is 0 Å². The van der Waals surface area contributed by atoms with Crippen LogP contribution >= 0.6 is 15.9 Å². The van der Waals surface area contributed by atoms with Gasteiger partial charge in [-0.2, -0.15) is 0 Å². The molecule has 94 valence electrons. The Morgan fingerprint density at radius 1 is 1.65 bits per heavy atom. The van der Waals surface area contributed by atoms with Crippen molar-refractivity contribution in [2.24, 2.45) is 5.92 Å². The fourth-order valence-corrected chi connectivity index (χ4v) is 2.64. The van der Waals surface area contributed by atoms with Crippen molar-refractivity contribution in [1.82, 2.24) is 9.47 Å². The number of rotatable bonds is 4. The van der Waals surface area contributed by atoms with Crippen LogP contribution in [0, 0.1) is 5.92 Å². The normalized spacial score (nSPS) is 16.9. The summed E-state index contributed by atoms with van der Waals surface area (Å²) < 4.78 is 2.96. The van der Waals surface area contributed by atoms with Gasteiger partial charge < -0.3 is 9.47 Å². The van der Waals surface area contributed by atoms with Crippen molar-refractivity contribution in [3.8, 4) is 0 Å². The van der Waals surface area contributed by atoms with Gasteiger partial charge in [0.15, 0.2) is 0 Å². The SMILES string of the molecule is CCn1cc(Br)cc1C(=O)N(C)C(C)C1CC1. The number of hydrogen-bond donors (Lipinski definition) is 0. The molecule has 1 atom stereocenters. The second-order valence-corrected chi connectivity index (χ2v) is 5.74. The van der Waals surface area contributed by atoms with E-state index < -0.39 is 0 Å². The summed E-state index contributed by atoms with van der Waals surface area (Å²) in [4.78, 5) is 14.3. The zero-order chi connectivity index (χ0) is 12.6. The lowest BCUT2D eigenvalue weighted by Crippen LogP contribution is -2.37. The average molecular weight is 299 g/mol. The first-order valence-corrected chi connectivity index (χ1v) is 6.96. The van der Waals surface area contributed by atoms with E-state index in [1.165, 1.54) is 12.8 Å². The Hall–Kier alpha value is -0.770. The number of aromatic nitrogens is 1. The van der Waals surface area contributed by atoms with Crippen LogP contribution in [0.5, 0.6) is 0 Å². The van der Waals surface area contributed by atoms with E-state index in [1.54, 1.807) is 0 Å². The Balaban J connectivity index is 2.17. The molecular weight excluding hydrogens is 280 g/mol. The minimum atomic E-state index is 0.122. The van der Waals surface area contributed by atoms with E-state index in [2.05, 4.69) is 22.9 Å². The molecule has 1 aliphatic carbocycles. The zero-order valence-corrected chi connectivity index (χ0v) is 12.2. The summed E-state index contributed by atoms with van der Waals surface area (Å²) in [6.45, 7) is 5.01. The van der Waals surface area contributed by atoms with Gasteiger partial charge in [0.25, 0.3) is 5.91 Å². The molecule has 1 aromatic rings. The summed E-state index contributed by atoms with van der Waals surface area (Å²) in [5.41, 5.74) is 0.773. The number of aryl methyl sites for hydroxylation is 1.